The van der Waals surface area contributed by atoms with Gasteiger partial charge in [0, 0.05) is 23.9 Å². The number of hydrogen-bond acceptors (Lipinski definition) is 2. The number of rotatable bonds is 5. The number of carbonyl (C=O) groups excluding carboxylic acids is 1. The van der Waals surface area contributed by atoms with E-state index in [0.29, 0.717) is 0 Å². The van der Waals surface area contributed by atoms with Gasteiger partial charge in [-0.05, 0) is 24.1 Å². The molecular formula is C21H22N2O. The Morgan fingerprint density at radius 2 is 1.71 bits per heavy atom. The highest BCUT2D eigenvalue weighted by atomic mass is 16.1. The second kappa shape index (κ2) is 7.26. The summed E-state index contributed by atoms with van der Waals surface area (Å²) in [6, 6.07) is 22.3. The predicted octanol–water partition coefficient (Wildman–Crippen LogP) is 4.61. The molecule has 0 saturated heterocycles. The molecule has 1 N–H and O–H groups in total. The lowest BCUT2D eigenvalue weighted by atomic mass is 9.87. The second-order valence-electron chi connectivity index (χ2n) is 6.03. The van der Waals surface area contributed by atoms with E-state index in [2.05, 4.69) is 42.6 Å². The first-order valence-corrected chi connectivity index (χ1v) is 8.36. The lowest BCUT2D eigenvalue weighted by Crippen LogP contribution is -2.31. The van der Waals surface area contributed by atoms with E-state index in [1.807, 2.05) is 36.4 Å². The maximum Gasteiger partial charge on any atom is 0.217 e. The highest BCUT2D eigenvalue weighted by Crippen LogP contribution is 2.33. The van der Waals surface area contributed by atoms with Crippen LogP contribution in [0.2, 0.25) is 0 Å². The van der Waals surface area contributed by atoms with Crippen LogP contribution in [0.1, 0.15) is 43.5 Å². The molecule has 1 heterocycles. The molecule has 0 spiro atoms. The van der Waals surface area contributed by atoms with Gasteiger partial charge in [-0.3, -0.25) is 9.78 Å². The average molecular weight is 318 g/mol. The topological polar surface area (TPSA) is 42.0 Å². The number of nitrogens with zero attached hydrogens (tertiary/aromatic N) is 1. The largest absolute Gasteiger partial charge is 0.349 e. The lowest BCUT2D eigenvalue weighted by Gasteiger charge is -2.27. The Morgan fingerprint density at radius 3 is 2.42 bits per heavy atom. The number of nitrogens with one attached hydrogen (secondary N) is 1. The summed E-state index contributed by atoms with van der Waals surface area (Å²) in [5, 5.41) is 4.25. The molecule has 3 aromatic rings. The summed E-state index contributed by atoms with van der Waals surface area (Å²) in [5.74, 6) is 0.101. The monoisotopic (exact) mass is 318 g/mol. The minimum absolute atomic E-state index is 0.0249. The Bertz CT molecular complexity index is 829. The predicted molar refractivity (Wildman–Crippen MR) is 97.8 cm³/mol. The molecule has 0 fully saturated rings. The van der Waals surface area contributed by atoms with Gasteiger partial charge in [0.15, 0.2) is 0 Å². The van der Waals surface area contributed by atoms with E-state index in [-0.39, 0.29) is 17.9 Å². The van der Waals surface area contributed by atoms with Crippen LogP contribution in [0.3, 0.4) is 0 Å². The van der Waals surface area contributed by atoms with E-state index in [1.54, 1.807) is 6.92 Å². The number of amides is 1. The summed E-state index contributed by atoms with van der Waals surface area (Å²) >= 11 is 0. The highest BCUT2D eigenvalue weighted by Gasteiger charge is 2.25. The molecule has 2 atom stereocenters. The minimum atomic E-state index is -0.0811. The maximum absolute atomic E-state index is 11.8. The zero-order valence-electron chi connectivity index (χ0n) is 14.1. The van der Waals surface area contributed by atoms with Gasteiger partial charge in [-0.1, -0.05) is 61.5 Å². The van der Waals surface area contributed by atoms with Crippen molar-refractivity contribution >= 4 is 16.8 Å². The SMILES string of the molecule is CC[C@@H](c1ccc2ccccc2n1)[C@@H](NC(C)=O)c1ccccc1. The normalized spacial score (nSPS) is 13.4. The molecule has 2 aromatic carbocycles. The quantitative estimate of drug-likeness (QED) is 0.746. The van der Waals surface area contributed by atoms with Crippen molar-refractivity contribution in [3.63, 3.8) is 0 Å². The molecule has 1 amide bonds. The van der Waals surface area contributed by atoms with Crippen molar-refractivity contribution in [2.45, 2.75) is 32.2 Å². The van der Waals surface area contributed by atoms with Crippen LogP contribution in [0.5, 0.6) is 0 Å². The van der Waals surface area contributed by atoms with Crippen molar-refractivity contribution in [3.8, 4) is 0 Å². The lowest BCUT2D eigenvalue weighted by molar-refractivity contribution is -0.119. The smallest absolute Gasteiger partial charge is 0.217 e. The molecule has 0 radical (unpaired) electrons. The molecule has 0 aliphatic rings. The molecule has 1 aromatic heterocycles. The molecule has 0 aliphatic carbocycles. The van der Waals surface area contributed by atoms with Crippen LogP contribution < -0.4 is 5.32 Å². The second-order valence-corrected chi connectivity index (χ2v) is 6.03. The Morgan fingerprint density at radius 1 is 1.00 bits per heavy atom. The zero-order valence-corrected chi connectivity index (χ0v) is 14.1. The van der Waals surface area contributed by atoms with Crippen molar-refractivity contribution < 1.29 is 4.79 Å². The molecule has 3 nitrogen and oxygen atoms in total. The fourth-order valence-electron chi connectivity index (χ4n) is 3.20. The third kappa shape index (κ3) is 3.46. The number of aromatic nitrogens is 1. The van der Waals surface area contributed by atoms with E-state index in [1.165, 1.54) is 0 Å². The summed E-state index contributed by atoms with van der Waals surface area (Å²) in [6.45, 7) is 3.70. The molecule has 122 valence electrons. The third-order valence-corrected chi connectivity index (χ3v) is 4.36. The van der Waals surface area contributed by atoms with Crippen molar-refractivity contribution in [2.75, 3.05) is 0 Å². The first-order valence-electron chi connectivity index (χ1n) is 8.36. The summed E-state index contributed by atoms with van der Waals surface area (Å²) in [6.07, 6.45) is 0.894. The van der Waals surface area contributed by atoms with Gasteiger partial charge in [-0.2, -0.15) is 0 Å². The van der Waals surface area contributed by atoms with Crippen LogP contribution in [0.4, 0.5) is 0 Å². The average Bonchev–Trinajstić information content (AvgIpc) is 2.62. The number of para-hydroxylation sites is 1. The van der Waals surface area contributed by atoms with Crippen molar-refractivity contribution in [2.24, 2.45) is 0 Å². The van der Waals surface area contributed by atoms with Crippen LogP contribution >= 0.6 is 0 Å². The highest BCUT2D eigenvalue weighted by molar-refractivity contribution is 5.78. The van der Waals surface area contributed by atoms with Gasteiger partial charge in [0.05, 0.1) is 11.6 Å². The molecule has 3 heteroatoms. The minimum Gasteiger partial charge on any atom is -0.349 e. The third-order valence-electron chi connectivity index (χ3n) is 4.36. The Hall–Kier alpha value is -2.68. The van der Waals surface area contributed by atoms with Gasteiger partial charge >= 0.3 is 0 Å². The fraction of sp³-hybridized carbons (Fsp3) is 0.238. The Labute approximate surface area is 142 Å². The molecule has 0 bridgehead atoms. The molecular weight excluding hydrogens is 296 g/mol. The first-order chi connectivity index (χ1) is 11.7. The molecule has 0 aliphatic heterocycles. The fourth-order valence-corrected chi connectivity index (χ4v) is 3.20. The van der Waals surface area contributed by atoms with Gasteiger partial charge in [0.2, 0.25) is 5.91 Å². The number of carbonyl (C=O) groups is 1. The standard InChI is InChI=1S/C21H22N2O/c1-3-18(20-14-13-16-9-7-8-12-19(16)23-20)21(22-15(2)24)17-10-5-4-6-11-17/h4-14,18,21H,3H2,1-2H3,(H,22,24)/t18-,21-/m0/s1. The summed E-state index contributed by atoms with van der Waals surface area (Å²) in [5.41, 5.74) is 3.11. The van der Waals surface area contributed by atoms with E-state index in [0.717, 1.165) is 28.6 Å². The van der Waals surface area contributed by atoms with Crippen molar-refractivity contribution in [1.29, 1.82) is 0 Å². The molecule has 0 saturated carbocycles. The van der Waals surface area contributed by atoms with Gasteiger partial charge in [-0.15, -0.1) is 0 Å². The van der Waals surface area contributed by atoms with E-state index >= 15 is 0 Å². The summed E-state index contributed by atoms with van der Waals surface area (Å²) in [4.78, 5) is 16.6. The van der Waals surface area contributed by atoms with Gasteiger partial charge < -0.3 is 5.32 Å². The Balaban J connectivity index is 2.03. The number of benzene rings is 2. The van der Waals surface area contributed by atoms with Crippen LogP contribution in [0.25, 0.3) is 10.9 Å². The van der Waals surface area contributed by atoms with E-state index in [9.17, 15) is 4.79 Å². The number of fused-ring (bicyclic) bond motifs is 1. The zero-order chi connectivity index (χ0) is 16.9. The summed E-state index contributed by atoms with van der Waals surface area (Å²) < 4.78 is 0. The van der Waals surface area contributed by atoms with Crippen molar-refractivity contribution in [1.82, 2.24) is 10.3 Å². The van der Waals surface area contributed by atoms with E-state index in [4.69, 9.17) is 4.98 Å². The van der Waals surface area contributed by atoms with Crippen molar-refractivity contribution in [3.05, 3.63) is 78.0 Å². The van der Waals surface area contributed by atoms with E-state index < -0.39 is 0 Å². The van der Waals surface area contributed by atoms with Crippen LogP contribution in [0, 0.1) is 0 Å². The summed E-state index contributed by atoms with van der Waals surface area (Å²) in [7, 11) is 0. The first kappa shape index (κ1) is 16.2. The molecule has 3 rings (SSSR count). The van der Waals surface area contributed by atoms with Gasteiger partial charge in [0.1, 0.15) is 0 Å². The molecule has 24 heavy (non-hydrogen) atoms. The van der Waals surface area contributed by atoms with Crippen LogP contribution in [-0.2, 0) is 4.79 Å². The maximum atomic E-state index is 11.8. The van der Waals surface area contributed by atoms with Crippen LogP contribution in [-0.4, -0.2) is 10.9 Å². The number of pyridine rings is 1. The number of hydrogen-bond donors (Lipinski definition) is 1. The van der Waals surface area contributed by atoms with Gasteiger partial charge in [0.25, 0.3) is 0 Å². The van der Waals surface area contributed by atoms with Crippen LogP contribution in [0.15, 0.2) is 66.7 Å². The molecule has 0 unspecified atom stereocenters. The Kier molecular flexibility index (Phi) is 4.90. The van der Waals surface area contributed by atoms with Gasteiger partial charge in [-0.25, -0.2) is 0 Å².